The molecule has 1 aromatic rings. The molecule has 110 valence electrons. The summed E-state index contributed by atoms with van der Waals surface area (Å²) in [7, 11) is -3.30. The second-order valence-electron chi connectivity index (χ2n) is 5.77. The van der Waals surface area contributed by atoms with Crippen molar-refractivity contribution in [2.24, 2.45) is 0 Å². The molecule has 2 aliphatic heterocycles. The van der Waals surface area contributed by atoms with Crippen molar-refractivity contribution in [2.45, 2.75) is 38.4 Å². The second-order valence-corrected chi connectivity index (χ2v) is 7.91. The van der Waals surface area contributed by atoms with Gasteiger partial charge in [0.05, 0.1) is 12.3 Å². The van der Waals surface area contributed by atoms with E-state index in [9.17, 15) is 8.42 Å². The average Bonchev–Trinajstić information content (AvgIpc) is 2.84. The van der Waals surface area contributed by atoms with Gasteiger partial charge < -0.3 is 4.74 Å². The third-order valence-electron chi connectivity index (χ3n) is 4.39. The first kappa shape index (κ1) is 13.9. The van der Waals surface area contributed by atoms with Crippen molar-refractivity contribution in [1.82, 2.24) is 0 Å². The van der Waals surface area contributed by atoms with Crippen LogP contribution in [0.5, 0.6) is 0 Å². The maximum absolute atomic E-state index is 12.8. The maximum atomic E-state index is 12.8. The van der Waals surface area contributed by atoms with E-state index in [1.165, 1.54) is 5.56 Å². The molecular weight excluding hydrogens is 274 g/mol. The van der Waals surface area contributed by atoms with Crippen molar-refractivity contribution in [3.05, 3.63) is 28.8 Å². The zero-order chi connectivity index (χ0) is 14.3. The smallest absolute Gasteiger partial charge is 0.240 e. The Hall–Kier alpha value is -1.07. The lowest BCUT2D eigenvalue weighted by molar-refractivity contribution is 0.0990. The molecule has 0 amide bonds. The zero-order valence-corrected chi connectivity index (χ0v) is 12.9. The Bertz CT molecular complexity index is 618. The molecule has 20 heavy (non-hydrogen) atoms. The van der Waals surface area contributed by atoms with Crippen LogP contribution in [0.15, 0.2) is 12.1 Å². The number of rotatable bonds is 2. The number of hydrogen-bond acceptors (Lipinski definition) is 3. The van der Waals surface area contributed by atoms with Gasteiger partial charge >= 0.3 is 0 Å². The van der Waals surface area contributed by atoms with Crippen LogP contribution in [0.25, 0.3) is 0 Å². The van der Waals surface area contributed by atoms with Gasteiger partial charge in [-0.25, -0.2) is 8.42 Å². The molecule has 1 fully saturated rings. The molecule has 1 saturated heterocycles. The lowest BCUT2D eigenvalue weighted by Gasteiger charge is -2.28. The number of sulfonamides is 1. The molecule has 5 heteroatoms. The van der Waals surface area contributed by atoms with E-state index in [4.69, 9.17) is 4.74 Å². The molecule has 2 heterocycles. The van der Waals surface area contributed by atoms with Gasteiger partial charge in [-0.05, 0) is 55.9 Å². The summed E-state index contributed by atoms with van der Waals surface area (Å²) in [6.45, 7) is 5.68. The minimum atomic E-state index is -3.30. The summed E-state index contributed by atoms with van der Waals surface area (Å²) in [4.78, 5) is 0. The molecular formula is C15H21NO3S. The van der Waals surface area contributed by atoms with E-state index in [2.05, 4.69) is 13.0 Å². The summed E-state index contributed by atoms with van der Waals surface area (Å²) in [5.41, 5.74) is 4.39. The molecule has 1 aromatic carbocycles. The summed E-state index contributed by atoms with van der Waals surface area (Å²) < 4.78 is 32.5. The van der Waals surface area contributed by atoms with Gasteiger partial charge in [0.1, 0.15) is 5.25 Å². The summed E-state index contributed by atoms with van der Waals surface area (Å²) in [6.07, 6.45) is 2.35. The lowest BCUT2D eigenvalue weighted by Crippen LogP contribution is -2.42. The topological polar surface area (TPSA) is 46.6 Å². The number of fused-ring (bicyclic) bond motifs is 1. The third kappa shape index (κ3) is 2.23. The summed E-state index contributed by atoms with van der Waals surface area (Å²) >= 11 is 0. The molecule has 0 radical (unpaired) electrons. The Morgan fingerprint density at radius 3 is 2.70 bits per heavy atom. The van der Waals surface area contributed by atoms with Crippen LogP contribution in [0.2, 0.25) is 0 Å². The predicted octanol–water partition coefficient (Wildman–Crippen LogP) is 2.17. The zero-order valence-electron chi connectivity index (χ0n) is 12.1. The highest BCUT2D eigenvalue weighted by Gasteiger charge is 2.37. The highest BCUT2D eigenvalue weighted by molar-refractivity contribution is 7.93. The number of hydrogen-bond donors (Lipinski definition) is 0. The Labute approximate surface area is 120 Å². The highest BCUT2D eigenvalue weighted by Crippen LogP contribution is 2.34. The molecule has 3 rings (SSSR count). The monoisotopic (exact) mass is 295 g/mol. The predicted molar refractivity (Wildman–Crippen MR) is 79.7 cm³/mol. The fraction of sp³-hybridized carbons (Fsp3) is 0.600. The molecule has 0 unspecified atom stereocenters. The van der Waals surface area contributed by atoms with Crippen LogP contribution >= 0.6 is 0 Å². The fourth-order valence-corrected chi connectivity index (χ4v) is 4.91. The van der Waals surface area contributed by atoms with Gasteiger partial charge in [-0.15, -0.1) is 0 Å². The molecule has 0 aromatic heterocycles. The summed E-state index contributed by atoms with van der Waals surface area (Å²) in [5, 5.41) is -0.385. The summed E-state index contributed by atoms with van der Waals surface area (Å²) in [6, 6.07) is 4.14. The quantitative estimate of drug-likeness (QED) is 0.840. The van der Waals surface area contributed by atoms with Gasteiger partial charge in [-0.3, -0.25) is 4.31 Å². The van der Waals surface area contributed by atoms with E-state index in [1.54, 1.807) is 4.31 Å². The van der Waals surface area contributed by atoms with E-state index in [0.29, 0.717) is 26.2 Å². The standard InChI is InChI=1S/C15H21NO3S/c1-11-8-13-5-6-16(15(13)9-12(11)2)20(17,18)14-4-3-7-19-10-14/h8-9,14H,3-7,10H2,1-2H3/t14-/m1/s1. The SMILES string of the molecule is Cc1cc2c(cc1C)N(S(=O)(=O)[C@@H]1CCCOC1)CC2. The normalized spacial score (nSPS) is 22.9. The number of anilines is 1. The Kier molecular flexibility index (Phi) is 3.50. The Balaban J connectivity index is 1.95. The minimum absolute atomic E-state index is 0.332. The largest absolute Gasteiger partial charge is 0.380 e. The highest BCUT2D eigenvalue weighted by atomic mass is 32.2. The van der Waals surface area contributed by atoms with Crippen LogP contribution in [0.1, 0.15) is 29.5 Å². The van der Waals surface area contributed by atoms with Gasteiger partial charge in [-0.2, -0.15) is 0 Å². The maximum Gasteiger partial charge on any atom is 0.240 e. The van der Waals surface area contributed by atoms with Crippen molar-refractivity contribution in [3.63, 3.8) is 0 Å². The lowest BCUT2D eigenvalue weighted by atomic mass is 10.0. The first-order chi connectivity index (χ1) is 9.50. The molecule has 2 aliphatic rings. The average molecular weight is 295 g/mol. The van der Waals surface area contributed by atoms with Crippen LogP contribution in [0.4, 0.5) is 5.69 Å². The molecule has 0 N–H and O–H groups in total. The van der Waals surface area contributed by atoms with E-state index < -0.39 is 10.0 Å². The van der Waals surface area contributed by atoms with E-state index in [-0.39, 0.29) is 5.25 Å². The Morgan fingerprint density at radius 2 is 2.00 bits per heavy atom. The van der Waals surface area contributed by atoms with Gasteiger partial charge in [0.15, 0.2) is 0 Å². The van der Waals surface area contributed by atoms with E-state index in [0.717, 1.165) is 29.7 Å². The molecule has 0 bridgehead atoms. The van der Waals surface area contributed by atoms with Crippen LogP contribution in [0.3, 0.4) is 0 Å². The fourth-order valence-electron chi connectivity index (χ4n) is 3.03. The molecule has 1 atom stereocenters. The number of ether oxygens (including phenoxy) is 1. The first-order valence-electron chi connectivity index (χ1n) is 7.19. The molecule has 4 nitrogen and oxygen atoms in total. The number of aryl methyl sites for hydroxylation is 2. The molecule has 0 aliphatic carbocycles. The first-order valence-corrected chi connectivity index (χ1v) is 8.70. The van der Waals surface area contributed by atoms with Crippen molar-refractivity contribution >= 4 is 15.7 Å². The summed E-state index contributed by atoms with van der Waals surface area (Å²) in [5.74, 6) is 0. The third-order valence-corrected chi connectivity index (χ3v) is 6.60. The van der Waals surface area contributed by atoms with Crippen molar-refractivity contribution < 1.29 is 13.2 Å². The van der Waals surface area contributed by atoms with E-state index in [1.807, 2.05) is 13.0 Å². The number of benzene rings is 1. The Morgan fingerprint density at radius 1 is 1.25 bits per heavy atom. The van der Waals surface area contributed by atoms with Crippen LogP contribution in [-0.2, 0) is 21.2 Å². The van der Waals surface area contributed by atoms with Crippen LogP contribution in [0, 0.1) is 13.8 Å². The van der Waals surface area contributed by atoms with Crippen molar-refractivity contribution in [1.29, 1.82) is 0 Å². The van der Waals surface area contributed by atoms with Gasteiger partial charge in [0.2, 0.25) is 10.0 Å². The number of nitrogens with zero attached hydrogens (tertiary/aromatic N) is 1. The van der Waals surface area contributed by atoms with Gasteiger partial charge in [0.25, 0.3) is 0 Å². The van der Waals surface area contributed by atoms with Crippen molar-refractivity contribution in [3.8, 4) is 0 Å². The van der Waals surface area contributed by atoms with E-state index >= 15 is 0 Å². The van der Waals surface area contributed by atoms with Crippen LogP contribution in [-0.4, -0.2) is 33.4 Å². The van der Waals surface area contributed by atoms with Crippen molar-refractivity contribution in [2.75, 3.05) is 24.1 Å². The minimum Gasteiger partial charge on any atom is -0.380 e. The van der Waals surface area contributed by atoms with Gasteiger partial charge in [-0.1, -0.05) is 6.07 Å². The second kappa shape index (κ2) is 5.04. The molecule has 0 spiro atoms. The van der Waals surface area contributed by atoms with Gasteiger partial charge in [0, 0.05) is 13.2 Å². The molecule has 0 saturated carbocycles. The van der Waals surface area contributed by atoms with Crippen LogP contribution < -0.4 is 4.31 Å².